The predicted molar refractivity (Wildman–Crippen MR) is 67.6 cm³/mol. The molecule has 0 spiro atoms. The monoisotopic (exact) mass is 288 g/mol. The van der Waals surface area contributed by atoms with Gasteiger partial charge in [-0.05, 0) is 29.0 Å². The summed E-state index contributed by atoms with van der Waals surface area (Å²) in [5.74, 6) is 0.654. The number of rotatable bonds is 3. The van der Waals surface area contributed by atoms with Crippen LogP contribution in [0.1, 0.15) is 43.4 Å². The van der Waals surface area contributed by atoms with E-state index < -0.39 is 0 Å². The van der Waals surface area contributed by atoms with E-state index in [4.69, 9.17) is 0 Å². The lowest BCUT2D eigenvalue weighted by Gasteiger charge is -2.15. The molecule has 13 heavy (non-hydrogen) atoms. The van der Waals surface area contributed by atoms with Crippen molar-refractivity contribution in [1.82, 2.24) is 0 Å². The molecular weight excluding hydrogens is 271 g/mol. The molecule has 0 saturated carbocycles. The van der Waals surface area contributed by atoms with Crippen molar-refractivity contribution in [1.29, 1.82) is 0 Å². The highest BCUT2D eigenvalue weighted by molar-refractivity contribution is 14.1. The molecule has 1 heteroatoms. The number of hydrogen-bond acceptors (Lipinski definition) is 0. The number of halogens is 1. The third kappa shape index (κ3) is 2.46. The van der Waals surface area contributed by atoms with Gasteiger partial charge in [-0.25, -0.2) is 0 Å². The van der Waals surface area contributed by atoms with E-state index in [0.717, 1.165) is 10.8 Å². The maximum Gasteiger partial charge on any atom is 0.0250 e. The highest BCUT2D eigenvalue weighted by Gasteiger charge is 2.09. The first-order valence-corrected chi connectivity index (χ1v) is 6.39. The van der Waals surface area contributed by atoms with Gasteiger partial charge in [-0.2, -0.15) is 0 Å². The average Bonchev–Trinajstić information content (AvgIpc) is 2.16. The summed E-state index contributed by atoms with van der Waals surface area (Å²) in [5, 5.41) is 0. The Morgan fingerprint density at radius 1 is 1.23 bits per heavy atom. The molecule has 72 valence electrons. The van der Waals surface area contributed by atoms with Gasteiger partial charge < -0.3 is 0 Å². The van der Waals surface area contributed by atoms with Gasteiger partial charge in [0, 0.05) is 4.43 Å². The molecule has 0 amide bonds. The highest BCUT2D eigenvalue weighted by atomic mass is 127. The molecule has 1 rings (SSSR count). The second kappa shape index (κ2) is 4.99. The maximum absolute atomic E-state index is 2.45. The summed E-state index contributed by atoms with van der Waals surface area (Å²) in [6, 6.07) is 6.69. The van der Waals surface area contributed by atoms with Crippen LogP contribution in [0.25, 0.3) is 0 Å². The van der Waals surface area contributed by atoms with E-state index in [0.29, 0.717) is 5.92 Å². The fourth-order valence-corrected chi connectivity index (χ4v) is 2.50. The number of hydrogen-bond donors (Lipinski definition) is 0. The van der Waals surface area contributed by atoms with Gasteiger partial charge in [0.05, 0.1) is 0 Å². The molecule has 0 aliphatic heterocycles. The third-order valence-corrected chi connectivity index (χ3v) is 3.21. The lowest BCUT2D eigenvalue weighted by atomic mass is 9.91. The normalized spacial score (nSPS) is 10.8. The topological polar surface area (TPSA) is 0 Å². The Bertz CT molecular complexity index is 254. The van der Waals surface area contributed by atoms with Crippen LogP contribution in [0, 0.1) is 0 Å². The van der Waals surface area contributed by atoms with Gasteiger partial charge in [0.2, 0.25) is 0 Å². The van der Waals surface area contributed by atoms with Gasteiger partial charge in [0.15, 0.2) is 0 Å². The van der Waals surface area contributed by atoms with Crippen LogP contribution in [0.4, 0.5) is 0 Å². The van der Waals surface area contributed by atoms with Crippen molar-refractivity contribution in [3.8, 4) is 0 Å². The molecule has 0 aliphatic rings. The molecule has 0 bridgehead atoms. The minimum atomic E-state index is 0.654. The van der Waals surface area contributed by atoms with Crippen LogP contribution < -0.4 is 0 Å². The Morgan fingerprint density at radius 2 is 1.85 bits per heavy atom. The average molecular weight is 288 g/mol. The molecule has 0 aromatic heterocycles. The number of aryl methyl sites for hydroxylation is 1. The van der Waals surface area contributed by atoms with Gasteiger partial charge in [-0.1, -0.05) is 61.6 Å². The maximum atomic E-state index is 2.45. The van der Waals surface area contributed by atoms with Gasteiger partial charge in [0.25, 0.3) is 0 Å². The minimum Gasteiger partial charge on any atom is -0.0812 e. The van der Waals surface area contributed by atoms with Crippen molar-refractivity contribution in [2.45, 2.75) is 37.5 Å². The van der Waals surface area contributed by atoms with Crippen LogP contribution in [0.5, 0.6) is 0 Å². The highest BCUT2D eigenvalue weighted by Crippen LogP contribution is 2.26. The Morgan fingerprint density at radius 3 is 2.31 bits per heavy atom. The fourth-order valence-electron chi connectivity index (χ4n) is 1.83. The second-order valence-electron chi connectivity index (χ2n) is 3.63. The van der Waals surface area contributed by atoms with E-state index in [1.165, 1.54) is 11.1 Å². The summed E-state index contributed by atoms with van der Waals surface area (Å²) >= 11 is 2.45. The van der Waals surface area contributed by atoms with Crippen LogP contribution in [0.3, 0.4) is 0 Å². The first-order valence-electron chi connectivity index (χ1n) is 4.87. The summed E-state index contributed by atoms with van der Waals surface area (Å²) in [7, 11) is 0. The minimum absolute atomic E-state index is 0.654. The van der Waals surface area contributed by atoms with Crippen molar-refractivity contribution in [3.63, 3.8) is 0 Å². The van der Waals surface area contributed by atoms with Crippen LogP contribution in [0.2, 0.25) is 0 Å². The van der Waals surface area contributed by atoms with Crippen LogP contribution in [0.15, 0.2) is 18.2 Å². The van der Waals surface area contributed by atoms with Crippen molar-refractivity contribution < 1.29 is 0 Å². The zero-order chi connectivity index (χ0) is 9.84. The van der Waals surface area contributed by atoms with Crippen molar-refractivity contribution >= 4 is 22.6 Å². The zero-order valence-electron chi connectivity index (χ0n) is 8.60. The van der Waals surface area contributed by atoms with Crippen molar-refractivity contribution in [2.24, 2.45) is 0 Å². The molecule has 0 aliphatic carbocycles. The fraction of sp³-hybridized carbons (Fsp3) is 0.500. The SMILES string of the molecule is CCc1cccc(CI)c1C(C)C. The summed E-state index contributed by atoms with van der Waals surface area (Å²) in [6.07, 6.45) is 1.15. The summed E-state index contributed by atoms with van der Waals surface area (Å²) in [4.78, 5) is 0. The molecule has 0 heterocycles. The zero-order valence-corrected chi connectivity index (χ0v) is 10.8. The van der Waals surface area contributed by atoms with Gasteiger partial charge >= 0.3 is 0 Å². The smallest absolute Gasteiger partial charge is 0.0250 e. The van der Waals surface area contributed by atoms with Gasteiger partial charge in [0.1, 0.15) is 0 Å². The van der Waals surface area contributed by atoms with Crippen molar-refractivity contribution in [3.05, 3.63) is 34.9 Å². The molecule has 1 aromatic carbocycles. The van der Waals surface area contributed by atoms with E-state index in [9.17, 15) is 0 Å². The van der Waals surface area contributed by atoms with E-state index in [1.54, 1.807) is 5.56 Å². The molecule has 0 N–H and O–H groups in total. The standard InChI is InChI=1S/C12H17I/c1-4-10-6-5-7-11(8-13)12(10)9(2)3/h5-7,9H,4,8H2,1-3H3. The number of benzene rings is 1. The van der Waals surface area contributed by atoms with Gasteiger partial charge in [-0.15, -0.1) is 0 Å². The Hall–Kier alpha value is -0.0500. The Kier molecular flexibility index (Phi) is 4.23. The molecule has 1 aromatic rings. The number of alkyl halides is 1. The second-order valence-corrected chi connectivity index (χ2v) is 4.39. The molecule has 0 atom stereocenters. The quantitative estimate of drug-likeness (QED) is 0.574. The largest absolute Gasteiger partial charge is 0.0812 e. The Labute approximate surface area is 94.9 Å². The van der Waals surface area contributed by atoms with Crippen LogP contribution >= 0.6 is 22.6 Å². The van der Waals surface area contributed by atoms with E-state index in [-0.39, 0.29) is 0 Å². The molecule has 0 radical (unpaired) electrons. The summed E-state index contributed by atoms with van der Waals surface area (Å²) < 4.78 is 1.12. The molecule has 0 fully saturated rings. The molecule has 0 unspecified atom stereocenters. The molecular formula is C12H17I. The van der Waals surface area contributed by atoms with Gasteiger partial charge in [-0.3, -0.25) is 0 Å². The van der Waals surface area contributed by atoms with Crippen molar-refractivity contribution in [2.75, 3.05) is 0 Å². The van der Waals surface area contributed by atoms with Crippen LogP contribution in [-0.4, -0.2) is 0 Å². The Balaban J connectivity index is 3.21. The first kappa shape index (κ1) is 11.0. The summed E-state index contributed by atoms with van der Waals surface area (Å²) in [6.45, 7) is 6.80. The predicted octanol–water partition coefficient (Wildman–Crippen LogP) is 4.31. The molecule has 0 saturated heterocycles. The van der Waals surface area contributed by atoms with E-state index in [1.807, 2.05) is 0 Å². The molecule has 0 nitrogen and oxygen atoms in total. The lowest BCUT2D eigenvalue weighted by molar-refractivity contribution is 0.833. The van der Waals surface area contributed by atoms with E-state index in [2.05, 4.69) is 61.6 Å². The first-order chi connectivity index (χ1) is 6.20. The lowest BCUT2D eigenvalue weighted by Crippen LogP contribution is -1.99. The summed E-state index contributed by atoms with van der Waals surface area (Å²) in [5.41, 5.74) is 4.60. The third-order valence-electron chi connectivity index (χ3n) is 2.39. The van der Waals surface area contributed by atoms with E-state index >= 15 is 0 Å². The van der Waals surface area contributed by atoms with Crippen LogP contribution in [-0.2, 0) is 10.8 Å².